The molecule has 1 aromatic heterocycles. The molecule has 0 fully saturated rings. The van der Waals surface area contributed by atoms with E-state index in [0.717, 1.165) is 15.3 Å². The lowest BCUT2D eigenvalue weighted by Crippen LogP contribution is -2.48. The SMILES string of the molecule is CN(C)S(=O)(=O)c1ccc(/C=C/C(=O)O[C@H]2Cc3cc4ccc(=O)oc4cc3OC2(C)C)cc1. The van der Waals surface area contributed by atoms with E-state index in [9.17, 15) is 18.0 Å². The Kier molecular flexibility index (Phi) is 6.09. The predicted molar refractivity (Wildman–Crippen MR) is 127 cm³/mol. The molecule has 0 saturated heterocycles. The van der Waals surface area contributed by atoms with Crippen LogP contribution in [0.3, 0.4) is 0 Å². The molecule has 0 amide bonds. The zero-order valence-corrected chi connectivity index (χ0v) is 20.1. The number of carbonyl (C=O) groups excluding carboxylic acids is 1. The number of carbonyl (C=O) groups is 1. The molecule has 2 heterocycles. The average Bonchev–Trinajstić information content (AvgIpc) is 2.77. The minimum absolute atomic E-state index is 0.170. The van der Waals surface area contributed by atoms with Gasteiger partial charge in [-0.05, 0) is 55.3 Å². The van der Waals surface area contributed by atoms with Crippen molar-refractivity contribution >= 4 is 33.0 Å². The molecule has 1 atom stereocenters. The number of fused-ring (bicyclic) bond motifs is 2. The van der Waals surface area contributed by atoms with Gasteiger partial charge in [-0.3, -0.25) is 0 Å². The lowest BCUT2D eigenvalue weighted by molar-refractivity contribution is -0.155. The van der Waals surface area contributed by atoms with Gasteiger partial charge in [0.25, 0.3) is 0 Å². The van der Waals surface area contributed by atoms with Crippen LogP contribution in [0, 0.1) is 0 Å². The number of ether oxygens (including phenoxy) is 2. The topological polar surface area (TPSA) is 103 Å². The Balaban J connectivity index is 1.48. The van der Waals surface area contributed by atoms with Crippen LogP contribution < -0.4 is 10.4 Å². The summed E-state index contributed by atoms with van der Waals surface area (Å²) in [5, 5.41) is 0.756. The van der Waals surface area contributed by atoms with Crippen LogP contribution in [0.15, 0.2) is 68.7 Å². The normalized spacial score (nSPS) is 17.5. The van der Waals surface area contributed by atoms with Crippen LogP contribution >= 0.6 is 0 Å². The lowest BCUT2D eigenvalue weighted by atomic mass is 9.90. The monoisotopic (exact) mass is 483 g/mol. The first-order chi connectivity index (χ1) is 16.0. The molecule has 0 aliphatic carbocycles. The third-order valence-corrected chi connectivity index (χ3v) is 7.51. The second-order valence-corrected chi connectivity index (χ2v) is 10.9. The maximum Gasteiger partial charge on any atom is 0.336 e. The van der Waals surface area contributed by atoms with E-state index >= 15 is 0 Å². The van der Waals surface area contributed by atoms with Gasteiger partial charge in [0, 0.05) is 44.1 Å². The van der Waals surface area contributed by atoms with Gasteiger partial charge in [-0.25, -0.2) is 22.3 Å². The van der Waals surface area contributed by atoms with E-state index in [0.29, 0.717) is 23.3 Å². The summed E-state index contributed by atoms with van der Waals surface area (Å²) >= 11 is 0. The summed E-state index contributed by atoms with van der Waals surface area (Å²) in [6.45, 7) is 3.65. The number of nitrogens with zero attached hydrogens (tertiary/aromatic N) is 1. The molecule has 0 N–H and O–H groups in total. The Morgan fingerprint density at radius 1 is 1.12 bits per heavy atom. The van der Waals surface area contributed by atoms with E-state index in [2.05, 4.69) is 0 Å². The number of esters is 1. The highest BCUT2D eigenvalue weighted by atomic mass is 32.2. The second-order valence-electron chi connectivity index (χ2n) is 8.78. The van der Waals surface area contributed by atoms with Crippen LogP contribution in [-0.2, 0) is 26.0 Å². The van der Waals surface area contributed by atoms with E-state index < -0.39 is 33.3 Å². The zero-order valence-electron chi connectivity index (χ0n) is 19.3. The molecular weight excluding hydrogens is 458 g/mol. The van der Waals surface area contributed by atoms with Gasteiger partial charge < -0.3 is 13.9 Å². The van der Waals surface area contributed by atoms with Gasteiger partial charge in [-0.15, -0.1) is 0 Å². The number of hydrogen-bond donors (Lipinski definition) is 0. The molecule has 0 radical (unpaired) electrons. The van der Waals surface area contributed by atoms with Crippen LogP contribution in [0.4, 0.5) is 0 Å². The smallest absolute Gasteiger partial charge is 0.336 e. The molecular formula is C25H25NO7S. The first-order valence-electron chi connectivity index (χ1n) is 10.6. The first kappa shape index (κ1) is 23.7. The number of sulfonamides is 1. The minimum atomic E-state index is -3.52. The summed E-state index contributed by atoms with van der Waals surface area (Å²) in [6.07, 6.45) is 2.76. The van der Waals surface area contributed by atoms with Crippen LogP contribution in [0.1, 0.15) is 25.0 Å². The molecule has 2 aromatic carbocycles. The van der Waals surface area contributed by atoms with Gasteiger partial charge in [0.2, 0.25) is 10.0 Å². The first-order valence-corrected chi connectivity index (χ1v) is 12.1. The highest BCUT2D eigenvalue weighted by Crippen LogP contribution is 2.37. The average molecular weight is 484 g/mol. The van der Waals surface area contributed by atoms with Gasteiger partial charge in [0.1, 0.15) is 23.0 Å². The van der Waals surface area contributed by atoms with Gasteiger partial charge in [0.05, 0.1) is 4.90 Å². The van der Waals surface area contributed by atoms with Crippen molar-refractivity contribution in [2.45, 2.75) is 36.9 Å². The summed E-state index contributed by atoms with van der Waals surface area (Å²) < 4.78 is 42.5. The van der Waals surface area contributed by atoms with Gasteiger partial charge in [-0.2, -0.15) is 0 Å². The van der Waals surface area contributed by atoms with Crippen LogP contribution in [-0.4, -0.2) is 44.5 Å². The molecule has 3 aromatic rings. The van der Waals surface area contributed by atoms with Crippen LogP contribution in [0.2, 0.25) is 0 Å². The minimum Gasteiger partial charge on any atom is -0.484 e. The molecule has 8 nitrogen and oxygen atoms in total. The molecule has 4 rings (SSSR count). The molecule has 0 bridgehead atoms. The van der Waals surface area contributed by atoms with Crippen molar-refractivity contribution in [2.75, 3.05) is 14.1 Å². The summed E-state index contributed by atoms with van der Waals surface area (Å²) in [5.41, 5.74) is 0.703. The second kappa shape index (κ2) is 8.73. The zero-order chi connectivity index (χ0) is 24.7. The highest BCUT2D eigenvalue weighted by Gasteiger charge is 2.39. The van der Waals surface area contributed by atoms with Crippen molar-refractivity contribution in [3.8, 4) is 5.75 Å². The lowest BCUT2D eigenvalue weighted by Gasteiger charge is -2.39. The maximum absolute atomic E-state index is 12.5. The summed E-state index contributed by atoms with van der Waals surface area (Å²) in [4.78, 5) is 24.2. The molecule has 1 aliphatic rings. The highest BCUT2D eigenvalue weighted by molar-refractivity contribution is 7.89. The van der Waals surface area contributed by atoms with Crippen LogP contribution in [0.25, 0.3) is 17.0 Å². The molecule has 9 heteroatoms. The molecule has 178 valence electrons. The molecule has 0 saturated carbocycles. The van der Waals surface area contributed by atoms with Crippen molar-refractivity contribution < 1.29 is 27.1 Å². The number of rotatable bonds is 5. The van der Waals surface area contributed by atoms with Crippen molar-refractivity contribution in [1.82, 2.24) is 4.31 Å². The van der Waals surface area contributed by atoms with Gasteiger partial charge >= 0.3 is 11.6 Å². The number of benzene rings is 2. The Labute approximate surface area is 197 Å². The number of hydrogen-bond acceptors (Lipinski definition) is 7. The van der Waals surface area contributed by atoms with Gasteiger partial charge in [0.15, 0.2) is 0 Å². The van der Waals surface area contributed by atoms with E-state index in [1.54, 1.807) is 30.3 Å². The summed E-state index contributed by atoms with van der Waals surface area (Å²) in [5.74, 6) is 0.0457. The largest absolute Gasteiger partial charge is 0.484 e. The van der Waals surface area contributed by atoms with Gasteiger partial charge in [-0.1, -0.05) is 12.1 Å². The molecule has 34 heavy (non-hydrogen) atoms. The molecule has 0 spiro atoms. The maximum atomic E-state index is 12.5. The van der Waals surface area contributed by atoms with E-state index in [4.69, 9.17) is 13.9 Å². The van der Waals surface area contributed by atoms with E-state index in [-0.39, 0.29) is 4.90 Å². The predicted octanol–water partition coefficient (Wildman–Crippen LogP) is 3.38. The Morgan fingerprint density at radius 3 is 2.50 bits per heavy atom. The molecule has 0 unspecified atom stereocenters. The van der Waals surface area contributed by atoms with E-state index in [1.165, 1.54) is 38.4 Å². The van der Waals surface area contributed by atoms with Crippen molar-refractivity contribution in [2.24, 2.45) is 0 Å². The fourth-order valence-electron chi connectivity index (χ4n) is 3.68. The Hall–Kier alpha value is -3.43. The Bertz CT molecular complexity index is 1430. The van der Waals surface area contributed by atoms with Crippen molar-refractivity contribution in [3.63, 3.8) is 0 Å². The quantitative estimate of drug-likeness (QED) is 0.311. The standard InChI is InChI=1S/C25H25NO7S/c1-25(2)22(14-18-13-17-8-12-23(27)31-20(17)15-21(18)33-25)32-24(28)11-7-16-5-9-19(10-6-16)34(29,30)26(3)4/h5-13,15,22H,14H2,1-4H3/b11-7+/t22-/m0/s1. The van der Waals surface area contributed by atoms with Crippen molar-refractivity contribution in [3.05, 3.63) is 76.2 Å². The summed E-state index contributed by atoms with van der Waals surface area (Å²) in [6, 6.07) is 12.8. The fourth-order valence-corrected chi connectivity index (χ4v) is 4.58. The fraction of sp³-hybridized carbons (Fsp3) is 0.280. The third kappa shape index (κ3) is 4.76. The van der Waals surface area contributed by atoms with Crippen molar-refractivity contribution in [1.29, 1.82) is 0 Å². The third-order valence-electron chi connectivity index (χ3n) is 5.69. The summed E-state index contributed by atoms with van der Waals surface area (Å²) in [7, 11) is -0.582. The van der Waals surface area contributed by atoms with Crippen LogP contribution in [0.5, 0.6) is 5.75 Å². The van der Waals surface area contributed by atoms with E-state index in [1.807, 2.05) is 19.9 Å². The molecule has 1 aliphatic heterocycles. The Morgan fingerprint density at radius 2 is 1.82 bits per heavy atom.